The van der Waals surface area contributed by atoms with Gasteiger partial charge in [-0.3, -0.25) is 9.59 Å². The predicted octanol–water partition coefficient (Wildman–Crippen LogP) is 3.05. The third-order valence-electron chi connectivity index (χ3n) is 3.33. The van der Waals surface area contributed by atoms with Gasteiger partial charge in [-0.2, -0.15) is 10.1 Å². The Morgan fingerprint density at radius 2 is 1.77 bits per heavy atom. The number of carbonyl (C=O) groups is 2. The fraction of sp³-hybridized carbons (Fsp3) is 0.118. The molecular weight excluding hydrogens is 278 g/mol. The summed E-state index contributed by atoms with van der Waals surface area (Å²) < 4.78 is 0. The summed E-state index contributed by atoms with van der Waals surface area (Å²) in [6.45, 7) is 1.81. The van der Waals surface area contributed by atoms with Crippen LogP contribution in [0.1, 0.15) is 23.7 Å². The molecule has 0 aromatic heterocycles. The van der Waals surface area contributed by atoms with Crippen LogP contribution in [0.25, 0.3) is 0 Å². The van der Waals surface area contributed by atoms with E-state index >= 15 is 0 Å². The lowest BCUT2D eigenvalue weighted by molar-refractivity contribution is -0.116. The van der Waals surface area contributed by atoms with Gasteiger partial charge in [-0.05, 0) is 31.2 Å². The van der Waals surface area contributed by atoms with E-state index in [1.54, 1.807) is 42.5 Å². The SMILES string of the molecule is CC1=NN(c2ccccc2NC(=O)c2ccccc2)C(=O)C1. The molecule has 1 aliphatic rings. The molecule has 0 saturated carbocycles. The van der Waals surface area contributed by atoms with Crippen molar-refractivity contribution in [2.45, 2.75) is 13.3 Å². The minimum Gasteiger partial charge on any atom is -0.320 e. The number of nitrogens with one attached hydrogen (secondary N) is 1. The van der Waals surface area contributed by atoms with Gasteiger partial charge in [0.1, 0.15) is 0 Å². The standard InChI is InChI=1S/C17H15N3O2/c1-12-11-16(21)20(19-12)15-10-6-5-9-14(15)18-17(22)13-7-3-2-4-8-13/h2-10H,11H2,1H3,(H,18,22). The quantitative estimate of drug-likeness (QED) is 0.945. The average Bonchev–Trinajstić information content (AvgIpc) is 2.87. The molecule has 0 radical (unpaired) electrons. The normalized spacial score (nSPS) is 14.0. The molecule has 5 nitrogen and oxygen atoms in total. The molecule has 22 heavy (non-hydrogen) atoms. The van der Waals surface area contributed by atoms with Crippen LogP contribution in [0.3, 0.4) is 0 Å². The number of rotatable bonds is 3. The maximum Gasteiger partial charge on any atom is 0.255 e. The maximum atomic E-state index is 12.3. The number of carbonyl (C=O) groups excluding carboxylic acids is 2. The van der Waals surface area contributed by atoms with Gasteiger partial charge in [-0.25, -0.2) is 0 Å². The molecule has 0 bridgehead atoms. The first-order chi connectivity index (χ1) is 10.6. The molecule has 1 N–H and O–H groups in total. The van der Waals surface area contributed by atoms with Crippen LogP contribution in [-0.4, -0.2) is 17.5 Å². The summed E-state index contributed by atoms with van der Waals surface area (Å²) in [5.41, 5.74) is 2.45. The third kappa shape index (κ3) is 2.74. The monoisotopic (exact) mass is 293 g/mol. The van der Waals surface area contributed by atoms with E-state index in [-0.39, 0.29) is 11.8 Å². The number of amides is 2. The fourth-order valence-corrected chi connectivity index (χ4v) is 2.29. The Hall–Kier alpha value is -2.95. The highest BCUT2D eigenvalue weighted by molar-refractivity contribution is 6.14. The minimum absolute atomic E-state index is 0.0982. The lowest BCUT2D eigenvalue weighted by atomic mass is 10.2. The highest BCUT2D eigenvalue weighted by Crippen LogP contribution is 2.29. The van der Waals surface area contributed by atoms with Gasteiger partial charge in [0.15, 0.2) is 0 Å². The van der Waals surface area contributed by atoms with Gasteiger partial charge in [0.25, 0.3) is 11.8 Å². The van der Waals surface area contributed by atoms with E-state index < -0.39 is 0 Å². The van der Waals surface area contributed by atoms with E-state index in [1.165, 1.54) is 5.01 Å². The fourth-order valence-electron chi connectivity index (χ4n) is 2.29. The lowest BCUT2D eigenvalue weighted by Gasteiger charge is -2.17. The molecule has 2 aromatic carbocycles. The Bertz CT molecular complexity index is 754. The van der Waals surface area contributed by atoms with Gasteiger partial charge in [-0.1, -0.05) is 30.3 Å². The Morgan fingerprint density at radius 3 is 2.45 bits per heavy atom. The van der Waals surface area contributed by atoms with Gasteiger partial charge in [0, 0.05) is 11.3 Å². The van der Waals surface area contributed by atoms with E-state index in [0.717, 1.165) is 5.71 Å². The summed E-state index contributed by atoms with van der Waals surface area (Å²) in [5.74, 6) is -0.320. The van der Waals surface area contributed by atoms with Gasteiger partial charge < -0.3 is 5.32 Å². The average molecular weight is 293 g/mol. The van der Waals surface area contributed by atoms with Crippen molar-refractivity contribution in [1.82, 2.24) is 0 Å². The van der Waals surface area contributed by atoms with Crippen molar-refractivity contribution in [2.24, 2.45) is 5.10 Å². The topological polar surface area (TPSA) is 61.8 Å². The largest absolute Gasteiger partial charge is 0.320 e. The molecule has 0 aliphatic carbocycles. The van der Waals surface area contributed by atoms with E-state index in [2.05, 4.69) is 10.4 Å². The van der Waals surface area contributed by atoms with E-state index in [0.29, 0.717) is 23.4 Å². The molecular formula is C17H15N3O2. The molecule has 3 rings (SSSR count). The number of hydrogen-bond donors (Lipinski definition) is 1. The predicted molar refractivity (Wildman–Crippen MR) is 86.0 cm³/mol. The second-order valence-corrected chi connectivity index (χ2v) is 5.05. The van der Waals surface area contributed by atoms with Crippen LogP contribution in [0.15, 0.2) is 59.7 Å². The summed E-state index contributed by atoms with van der Waals surface area (Å²) in [6, 6.07) is 16.1. The van der Waals surface area contributed by atoms with Crippen LogP contribution in [0.4, 0.5) is 11.4 Å². The summed E-state index contributed by atoms with van der Waals surface area (Å²) in [4.78, 5) is 24.3. The zero-order valence-corrected chi connectivity index (χ0v) is 12.1. The molecule has 2 aromatic rings. The number of nitrogens with zero attached hydrogens (tertiary/aromatic N) is 2. The molecule has 2 amide bonds. The van der Waals surface area contributed by atoms with Crippen LogP contribution in [-0.2, 0) is 4.79 Å². The lowest BCUT2D eigenvalue weighted by Crippen LogP contribution is -2.22. The highest BCUT2D eigenvalue weighted by Gasteiger charge is 2.25. The first-order valence-electron chi connectivity index (χ1n) is 6.97. The molecule has 5 heteroatoms. The van der Waals surface area contributed by atoms with Crippen LogP contribution in [0.2, 0.25) is 0 Å². The zero-order chi connectivity index (χ0) is 15.5. The van der Waals surface area contributed by atoms with E-state index in [4.69, 9.17) is 0 Å². The molecule has 0 fully saturated rings. The van der Waals surface area contributed by atoms with E-state index in [1.807, 2.05) is 19.1 Å². The van der Waals surface area contributed by atoms with Gasteiger partial charge in [-0.15, -0.1) is 0 Å². The molecule has 1 heterocycles. The van der Waals surface area contributed by atoms with E-state index in [9.17, 15) is 9.59 Å². The summed E-state index contributed by atoms with van der Waals surface area (Å²) in [7, 11) is 0. The summed E-state index contributed by atoms with van der Waals surface area (Å²) in [5, 5.41) is 8.41. The Morgan fingerprint density at radius 1 is 1.09 bits per heavy atom. The molecule has 0 unspecified atom stereocenters. The molecule has 110 valence electrons. The number of benzene rings is 2. The molecule has 1 aliphatic heterocycles. The van der Waals surface area contributed by atoms with Gasteiger partial charge >= 0.3 is 0 Å². The van der Waals surface area contributed by atoms with Crippen molar-refractivity contribution < 1.29 is 9.59 Å². The van der Waals surface area contributed by atoms with Crippen molar-refractivity contribution in [1.29, 1.82) is 0 Å². The molecule has 0 saturated heterocycles. The Kier molecular flexibility index (Phi) is 3.70. The first kappa shape index (κ1) is 14.0. The molecule has 0 spiro atoms. The van der Waals surface area contributed by atoms with Crippen LogP contribution < -0.4 is 10.3 Å². The Balaban J connectivity index is 1.89. The van der Waals surface area contributed by atoms with Crippen LogP contribution in [0.5, 0.6) is 0 Å². The summed E-state index contributed by atoms with van der Waals surface area (Å²) in [6.07, 6.45) is 0.307. The van der Waals surface area contributed by atoms with Crippen molar-refractivity contribution in [2.75, 3.05) is 10.3 Å². The zero-order valence-electron chi connectivity index (χ0n) is 12.1. The van der Waals surface area contributed by atoms with Crippen molar-refractivity contribution in [3.8, 4) is 0 Å². The van der Waals surface area contributed by atoms with Crippen molar-refractivity contribution in [3.05, 3.63) is 60.2 Å². The van der Waals surface area contributed by atoms with Crippen LogP contribution >= 0.6 is 0 Å². The smallest absolute Gasteiger partial charge is 0.255 e. The molecule has 0 atom stereocenters. The highest BCUT2D eigenvalue weighted by atomic mass is 16.2. The number of hydrogen-bond acceptors (Lipinski definition) is 3. The van der Waals surface area contributed by atoms with Gasteiger partial charge in [0.05, 0.1) is 17.8 Å². The van der Waals surface area contributed by atoms with Crippen LogP contribution in [0, 0.1) is 0 Å². The Labute approximate surface area is 128 Å². The van der Waals surface area contributed by atoms with Crippen molar-refractivity contribution in [3.63, 3.8) is 0 Å². The minimum atomic E-state index is -0.222. The first-order valence-corrected chi connectivity index (χ1v) is 6.97. The number of anilines is 2. The third-order valence-corrected chi connectivity index (χ3v) is 3.33. The van der Waals surface area contributed by atoms with Gasteiger partial charge in [0.2, 0.25) is 0 Å². The second-order valence-electron chi connectivity index (χ2n) is 5.05. The number of para-hydroxylation sites is 2. The summed E-state index contributed by atoms with van der Waals surface area (Å²) >= 11 is 0. The number of hydrazone groups is 1. The second kappa shape index (κ2) is 5.81. The van der Waals surface area contributed by atoms with Crippen molar-refractivity contribution >= 4 is 28.9 Å². The maximum absolute atomic E-state index is 12.3.